The predicted octanol–water partition coefficient (Wildman–Crippen LogP) is 1.91. The minimum absolute atomic E-state index is 0.101. The Bertz CT molecular complexity index is 589. The Kier molecular flexibility index (Phi) is 6.25. The molecule has 1 fully saturated rings. The molecule has 1 saturated heterocycles. The van der Waals surface area contributed by atoms with Gasteiger partial charge >= 0.3 is 0 Å². The van der Waals surface area contributed by atoms with E-state index in [0.29, 0.717) is 19.4 Å². The zero-order valence-corrected chi connectivity index (χ0v) is 13.6. The van der Waals surface area contributed by atoms with Gasteiger partial charge in [0.05, 0.1) is 5.56 Å². The minimum Gasteiger partial charge on any atom is -0.386 e. The average Bonchev–Trinajstić information content (AvgIpc) is 2.58. The van der Waals surface area contributed by atoms with Crippen molar-refractivity contribution >= 4 is 11.8 Å². The third-order valence-electron chi connectivity index (χ3n) is 4.23. The van der Waals surface area contributed by atoms with Crippen molar-refractivity contribution in [3.63, 3.8) is 0 Å². The van der Waals surface area contributed by atoms with E-state index < -0.39 is 35.3 Å². The third kappa shape index (κ3) is 4.08. The van der Waals surface area contributed by atoms with Gasteiger partial charge in [0.25, 0.3) is 0 Å². The van der Waals surface area contributed by atoms with E-state index in [0.717, 1.165) is 25.0 Å². The summed E-state index contributed by atoms with van der Waals surface area (Å²) in [5.41, 5.74) is -0.470. The molecule has 1 aliphatic heterocycles. The zero-order valence-electron chi connectivity index (χ0n) is 13.6. The highest BCUT2D eigenvalue weighted by molar-refractivity contribution is 5.87. The fourth-order valence-corrected chi connectivity index (χ4v) is 2.95. The average molecular weight is 340 g/mol. The van der Waals surface area contributed by atoms with Crippen LogP contribution in [0.15, 0.2) is 18.2 Å². The quantitative estimate of drug-likeness (QED) is 0.860. The number of carbonyl (C=O) groups excluding carboxylic acids is 2. The van der Waals surface area contributed by atoms with Crippen LogP contribution in [0.2, 0.25) is 0 Å². The number of hydrogen-bond donors (Lipinski definition) is 2. The van der Waals surface area contributed by atoms with E-state index in [1.807, 2.05) is 0 Å². The van der Waals surface area contributed by atoms with Gasteiger partial charge < -0.3 is 15.3 Å². The number of aliphatic hydroxyl groups excluding tert-OH is 1. The Labute approximate surface area is 139 Å². The van der Waals surface area contributed by atoms with E-state index >= 15 is 0 Å². The number of halogens is 2. The molecule has 1 aliphatic rings. The Balaban J connectivity index is 2.00. The second-order valence-electron chi connectivity index (χ2n) is 5.85. The summed E-state index contributed by atoms with van der Waals surface area (Å²) in [6.45, 7) is 1.94. The van der Waals surface area contributed by atoms with Crippen LogP contribution in [0, 0.1) is 11.6 Å². The molecule has 132 valence electrons. The van der Waals surface area contributed by atoms with Crippen LogP contribution in [0.25, 0.3) is 0 Å². The van der Waals surface area contributed by atoms with E-state index in [-0.39, 0.29) is 12.5 Å². The predicted molar refractivity (Wildman–Crippen MR) is 84.0 cm³/mol. The molecule has 0 spiro atoms. The van der Waals surface area contributed by atoms with Gasteiger partial charge in [-0.15, -0.1) is 0 Å². The van der Waals surface area contributed by atoms with Crippen molar-refractivity contribution in [2.24, 2.45) is 0 Å². The van der Waals surface area contributed by atoms with Gasteiger partial charge in [-0.05, 0) is 31.4 Å². The lowest BCUT2D eigenvalue weighted by Gasteiger charge is -2.34. The maximum Gasteiger partial charge on any atom is 0.242 e. The van der Waals surface area contributed by atoms with Gasteiger partial charge in [0, 0.05) is 19.5 Å². The summed E-state index contributed by atoms with van der Waals surface area (Å²) in [6, 6.07) is 2.71. The van der Waals surface area contributed by atoms with E-state index in [1.165, 1.54) is 11.0 Å². The van der Waals surface area contributed by atoms with Gasteiger partial charge in [0.2, 0.25) is 11.8 Å². The van der Waals surface area contributed by atoms with Crippen molar-refractivity contribution in [2.45, 2.75) is 44.8 Å². The van der Waals surface area contributed by atoms with E-state index in [1.54, 1.807) is 6.92 Å². The molecule has 0 radical (unpaired) electrons. The molecular formula is C17H22F2N2O3. The van der Waals surface area contributed by atoms with Crippen molar-refractivity contribution in [1.29, 1.82) is 0 Å². The second kappa shape index (κ2) is 8.19. The highest BCUT2D eigenvalue weighted by atomic mass is 19.1. The number of carbonyl (C=O) groups is 2. The molecule has 1 aromatic carbocycles. The molecule has 5 nitrogen and oxygen atoms in total. The van der Waals surface area contributed by atoms with Crippen LogP contribution < -0.4 is 5.32 Å². The Morgan fingerprint density at radius 2 is 2.00 bits per heavy atom. The van der Waals surface area contributed by atoms with Crippen LogP contribution in [0.4, 0.5) is 8.78 Å². The van der Waals surface area contributed by atoms with Crippen LogP contribution in [0.3, 0.4) is 0 Å². The van der Waals surface area contributed by atoms with E-state index in [4.69, 9.17) is 0 Å². The molecule has 0 saturated carbocycles. The van der Waals surface area contributed by atoms with Crippen LogP contribution in [-0.4, -0.2) is 41.0 Å². The summed E-state index contributed by atoms with van der Waals surface area (Å²) in [4.78, 5) is 25.8. The molecule has 24 heavy (non-hydrogen) atoms. The van der Waals surface area contributed by atoms with Gasteiger partial charge in [-0.2, -0.15) is 0 Å². The van der Waals surface area contributed by atoms with Crippen molar-refractivity contribution in [2.75, 3.05) is 13.1 Å². The fraction of sp³-hybridized carbons (Fsp3) is 0.529. The van der Waals surface area contributed by atoms with Crippen LogP contribution >= 0.6 is 0 Å². The van der Waals surface area contributed by atoms with E-state index in [9.17, 15) is 23.5 Å². The lowest BCUT2D eigenvalue weighted by Crippen LogP contribution is -2.52. The number of aliphatic hydroxyl groups is 1. The number of hydrogen-bond acceptors (Lipinski definition) is 3. The molecule has 0 bridgehead atoms. The largest absolute Gasteiger partial charge is 0.386 e. The number of piperidine rings is 1. The van der Waals surface area contributed by atoms with Gasteiger partial charge in [-0.3, -0.25) is 9.59 Å². The first-order chi connectivity index (χ1) is 11.5. The van der Waals surface area contributed by atoms with Gasteiger partial charge in [0.1, 0.15) is 23.8 Å². The molecule has 2 N–H and O–H groups in total. The van der Waals surface area contributed by atoms with Crippen LogP contribution in [0.1, 0.15) is 44.3 Å². The Hall–Kier alpha value is -2.02. The van der Waals surface area contributed by atoms with Crippen molar-refractivity contribution in [3.8, 4) is 0 Å². The number of nitrogens with one attached hydrogen (secondary N) is 1. The maximum atomic E-state index is 13.6. The second-order valence-corrected chi connectivity index (χ2v) is 5.85. The van der Waals surface area contributed by atoms with Crippen LogP contribution in [-0.2, 0) is 9.59 Å². The number of rotatable bonds is 5. The summed E-state index contributed by atoms with van der Waals surface area (Å²) in [7, 11) is 0. The van der Waals surface area contributed by atoms with Crippen molar-refractivity contribution in [1.82, 2.24) is 10.2 Å². The number of amides is 2. The standard InChI is InChI=1S/C17H22F2N2O3/c1-2-15(23)21-9-4-3-8-13(21)17(24)20-10-14(22)16-11(18)6-5-7-12(16)19/h5-7,13-14,22H,2-4,8-10H2,1H3,(H,20,24). The lowest BCUT2D eigenvalue weighted by atomic mass is 10.0. The summed E-state index contributed by atoms with van der Waals surface area (Å²) in [6.07, 6.45) is 1.04. The van der Waals surface area contributed by atoms with Gasteiger partial charge in [-0.25, -0.2) is 8.78 Å². The molecular weight excluding hydrogens is 318 g/mol. The smallest absolute Gasteiger partial charge is 0.242 e. The van der Waals surface area contributed by atoms with E-state index in [2.05, 4.69) is 5.32 Å². The minimum atomic E-state index is -1.49. The molecule has 1 aromatic rings. The molecule has 7 heteroatoms. The molecule has 0 aromatic heterocycles. The van der Waals surface area contributed by atoms with Gasteiger partial charge in [-0.1, -0.05) is 13.0 Å². The van der Waals surface area contributed by atoms with Gasteiger partial charge in [0.15, 0.2) is 0 Å². The molecule has 0 aliphatic carbocycles. The number of nitrogens with zero attached hydrogens (tertiary/aromatic N) is 1. The topological polar surface area (TPSA) is 69.6 Å². The Morgan fingerprint density at radius 3 is 2.62 bits per heavy atom. The number of likely N-dealkylation sites (tertiary alicyclic amines) is 1. The molecule has 2 unspecified atom stereocenters. The first kappa shape index (κ1) is 18.3. The SMILES string of the molecule is CCC(=O)N1CCCCC1C(=O)NCC(O)c1c(F)cccc1F. The monoisotopic (exact) mass is 340 g/mol. The number of benzene rings is 1. The lowest BCUT2D eigenvalue weighted by molar-refractivity contribution is -0.142. The van der Waals surface area contributed by atoms with Crippen LogP contribution in [0.5, 0.6) is 0 Å². The van der Waals surface area contributed by atoms with Crippen molar-refractivity contribution in [3.05, 3.63) is 35.4 Å². The Morgan fingerprint density at radius 1 is 1.33 bits per heavy atom. The summed E-state index contributed by atoms with van der Waals surface area (Å²) in [5.74, 6) is -2.24. The summed E-state index contributed by atoms with van der Waals surface area (Å²) in [5, 5.41) is 12.5. The first-order valence-electron chi connectivity index (χ1n) is 8.14. The normalized spacial score (nSPS) is 19.0. The molecule has 2 atom stereocenters. The zero-order chi connectivity index (χ0) is 17.7. The molecule has 2 amide bonds. The first-order valence-corrected chi connectivity index (χ1v) is 8.14. The third-order valence-corrected chi connectivity index (χ3v) is 4.23. The fourth-order valence-electron chi connectivity index (χ4n) is 2.95. The van der Waals surface area contributed by atoms with Crippen molar-refractivity contribution < 1.29 is 23.5 Å². The summed E-state index contributed by atoms with van der Waals surface area (Å²) < 4.78 is 27.3. The molecule has 1 heterocycles. The highest BCUT2D eigenvalue weighted by Crippen LogP contribution is 2.21. The molecule has 2 rings (SSSR count). The summed E-state index contributed by atoms with van der Waals surface area (Å²) >= 11 is 0. The maximum absolute atomic E-state index is 13.6. The highest BCUT2D eigenvalue weighted by Gasteiger charge is 2.31.